The summed E-state index contributed by atoms with van der Waals surface area (Å²) in [6, 6.07) is 14.0. The van der Waals surface area contributed by atoms with Crippen LogP contribution in [0.5, 0.6) is 0 Å². The summed E-state index contributed by atoms with van der Waals surface area (Å²) in [4.78, 5) is 47.8. The first-order chi connectivity index (χ1) is 13.8. The number of hydrogen-bond donors (Lipinski definition) is 4. The van der Waals surface area contributed by atoms with Gasteiger partial charge in [-0.25, -0.2) is 0 Å². The zero-order valence-corrected chi connectivity index (χ0v) is 16.2. The lowest BCUT2D eigenvalue weighted by Gasteiger charge is -2.18. The number of benzene rings is 2. The number of nitrogens with one attached hydrogen (secondary N) is 3. The maximum atomic E-state index is 12.4. The number of primary amides is 1. The van der Waals surface area contributed by atoms with E-state index in [0.717, 1.165) is 5.56 Å². The van der Waals surface area contributed by atoms with E-state index >= 15 is 0 Å². The zero-order valence-electron chi connectivity index (χ0n) is 15.5. The monoisotopic (exact) mass is 416 g/mol. The number of nitrogens with two attached hydrogens (primary N) is 1. The van der Waals surface area contributed by atoms with Crippen LogP contribution in [-0.2, 0) is 20.8 Å². The lowest BCUT2D eigenvalue weighted by Crippen LogP contribution is -2.52. The molecule has 0 radical (unpaired) electrons. The standard InChI is InChI=1S/C20H21ClN4O4/c21-15-8-6-14(7-9-15)19(28)23-16(10-11-17(22)26)20(29)25-24-18(27)12-13-4-2-1-3-5-13/h1-9,16H,10-12H2,(H2,22,26)(H,23,28)(H,24,27)(H,25,29)/t16-/m1/s1. The summed E-state index contributed by atoms with van der Waals surface area (Å²) in [7, 11) is 0. The number of carbonyl (C=O) groups excluding carboxylic acids is 4. The number of halogens is 1. The molecule has 0 saturated carbocycles. The predicted molar refractivity (Wildman–Crippen MR) is 108 cm³/mol. The Kier molecular flexibility index (Phi) is 8.17. The Morgan fingerprint density at radius 2 is 1.59 bits per heavy atom. The van der Waals surface area contributed by atoms with E-state index in [1.165, 1.54) is 12.1 Å². The predicted octanol–water partition coefficient (Wildman–Crippen LogP) is 1.09. The molecule has 152 valence electrons. The molecule has 0 aliphatic carbocycles. The van der Waals surface area contributed by atoms with Crippen molar-refractivity contribution in [3.63, 3.8) is 0 Å². The fourth-order valence-corrected chi connectivity index (χ4v) is 2.57. The molecule has 2 aromatic carbocycles. The lowest BCUT2D eigenvalue weighted by molar-refractivity contribution is -0.130. The fraction of sp³-hybridized carbons (Fsp3) is 0.200. The zero-order chi connectivity index (χ0) is 21.2. The molecule has 5 N–H and O–H groups in total. The highest BCUT2D eigenvalue weighted by molar-refractivity contribution is 6.30. The van der Waals surface area contributed by atoms with Crippen molar-refractivity contribution >= 4 is 35.2 Å². The number of hydrazine groups is 1. The summed E-state index contributed by atoms with van der Waals surface area (Å²) >= 11 is 5.80. The second kappa shape index (κ2) is 10.8. The van der Waals surface area contributed by atoms with Gasteiger partial charge in [-0.3, -0.25) is 30.0 Å². The molecule has 9 heteroatoms. The first-order valence-electron chi connectivity index (χ1n) is 8.82. The van der Waals surface area contributed by atoms with Gasteiger partial charge in [0.05, 0.1) is 6.42 Å². The molecule has 1 atom stereocenters. The third-order valence-corrected chi connectivity index (χ3v) is 4.19. The molecule has 0 saturated heterocycles. The number of hydrogen-bond acceptors (Lipinski definition) is 4. The van der Waals surface area contributed by atoms with E-state index in [9.17, 15) is 19.2 Å². The Labute approximate surface area is 172 Å². The van der Waals surface area contributed by atoms with Crippen LogP contribution in [0.15, 0.2) is 54.6 Å². The van der Waals surface area contributed by atoms with E-state index < -0.39 is 29.7 Å². The first-order valence-corrected chi connectivity index (χ1v) is 9.20. The fourth-order valence-electron chi connectivity index (χ4n) is 2.44. The van der Waals surface area contributed by atoms with Crippen molar-refractivity contribution in [3.05, 3.63) is 70.7 Å². The van der Waals surface area contributed by atoms with Crippen LogP contribution in [0, 0.1) is 0 Å². The van der Waals surface area contributed by atoms with Gasteiger partial charge in [-0.05, 0) is 36.2 Å². The molecule has 29 heavy (non-hydrogen) atoms. The van der Waals surface area contributed by atoms with Crippen LogP contribution >= 0.6 is 11.6 Å². The third kappa shape index (κ3) is 7.63. The highest BCUT2D eigenvalue weighted by atomic mass is 35.5. The highest BCUT2D eigenvalue weighted by Crippen LogP contribution is 2.10. The van der Waals surface area contributed by atoms with E-state index in [1.54, 1.807) is 36.4 Å². The average molecular weight is 417 g/mol. The first kappa shape index (κ1) is 21.9. The van der Waals surface area contributed by atoms with Crippen LogP contribution in [0.25, 0.3) is 0 Å². The van der Waals surface area contributed by atoms with Crippen molar-refractivity contribution < 1.29 is 19.2 Å². The maximum Gasteiger partial charge on any atom is 0.260 e. The van der Waals surface area contributed by atoms with Crippen LogP contribution in [0.3, 0.4) is 0 Å². The Bertz CT molecular complexity index is 872. The minimum absolute atomic E-state index is 0.0188. The van der Waals surface area contributed by atoms with Gasteiger partial charge in [0, 0.05) is 17.0 Å². The molecule has 0 aliphatic heterocycles. The van der Waals surface area contributed by atoms with Crippen molar-refractivity contribution in [1.29, 1.82) is 0 Å². The largest absolute Gasteiger partial charge is 0.370 e. The average Bonchev–Trinajstić information content (AvgIpc) is 2.70. The molecule has 8 nitrogen and oxygen atoms in total. The van der Waals surface area contributed by atoms with Gasteiger partial charge in [0.1, 0.15) is 6.04 Å². The summed E-state index contributed by atoms with van der Waals surface area (Å²) in [5.74, 6) is -2.24. The number of amides is 4. The van der Waals surface area contributed by atoms with Crippen LogP contribution in [0.4, 0.5) is 0 Å². The molecule has 0 aromatic heterocycles. The summed E-state index contributed by atoms with van der Waals surface area (Å²) < 4.78 is 0. The maximum absolute atomic E-state index is 12.4. The second-order valence-corrected chi connectivity index (χ2v) is 6.67. The van der Waals surface area contributed by atoms with Gasteiger partial charge in [-0.1, -0.05) is 41.9 Å². The Morgan fingerprint density at radius 1 is 0.931 bits per heavy atom. The molecule has 0 heterocycles. The SMILES string of the molecule is NC(=O)CC[C@@H](NC(=O)c1ccc(Cl)cc1)C(=O)NNC(=O)Cc1ccccc1. The molecule has 2 rings (SSSR count). The minimum atomic E-state index is -1.07. The van der Waals surface area contributed by atoms with E-state index in [-0.39, 0.29) is 19.3 Å². The van der Waals surface area contributed by atoms with Crippen molar-refractivity contribution in [1.82, 2.24) is 16.2 Å². The van der Waals surface area contributed by atoms with Crippen LogP contribution in [0.1, 0.15) is 28.8 Å². The smallest absolute Gasteiger partial charge is 0.260 e. The van der Waals surface area contributed by atoms with Crippen LogP contribution < -0.4 is 21.9 Å². The quantitative estimate of drug-likeness (QED) is 0.480. The van der Waals surface area contributed by atoms with Crippen molar-refractivity contribution in [2.75, 3.05) is 0 Å². The molecule has 0 bridgehead atoms. The number of carbonyl (C=O) groups is 4. The van der Waals surface area contributed by atoms with Gasteiger partial charge in [0.2, 0.25) is 11.8 Å². The van der Waals surface area contributed by atoms with Crippen molar-refractivity contribution in [3.8, 4) is 0 Å². The molecule has 0 fully saturated rings. The van der Waals surface area contributed by atoms with Gasteiger partial charge in [0.25, 0.3) is 11.8 Å². The van der Waals surface area contributed by atoms with E-state index in [2.05, 4.69) is 16.2 Å². The summed E-state index contributed by atoms with van der Waals surface area (Å²) in [6.07, 6.45) is -0.0593. The van der Waals surface area contributed by atoms with Crippen molar-refractivity contribution in [2.24, 2.45) is 5.73 Å². The molecular weight excluding hydrogens is 396 g/mol. The van der Waals surface area contributed by atoms with E-state index in [1.807, 2.05) is 6.07 Å². The van der Waals surface area contributed by atoms with Crippen LogP contribution in [-0.4, -0.2) is 29.7 Å². The molecule has 0 aliphatic rings. The molecule has 0 unspecified atom stereocenters. The van der Waals surface area contributed by atoms with Crippen LogP contribution in [0.2, 0.25) is 5.02 Å². The van der Waals surface area contributed by atoms with Gasteiger partial charge < -0.3 is 11.1 Å². The molecular formula is C20H21ClN4O4. The summed E-state index contributed by atoms with van der Waals surface area (Å²) in [5, 5.41) is 2.99. The molecule has 2 aromatic rings. The third-order valence-electron chi connectivity index (χ3n) is 3.94. The minimum Gasteiger partial charge on any atom is -0.370 e. The van der Waals surface area contributed by atoms with Gasteiger partial charge in [-0.2, -0.15) is 0 Å². The van der Waals surface area contributed by atoms with Crippen molar-refractivity contribution in [2.45, 2.75) is 25.3 Å². The van der Waals surface area contributed by atoms with Gasteiger partial charge in [0.15, 0.2) is 0 Å². The second-order valence-electron chi connectivity index (χ2n) is 6.24. The highest BCUT2D eigenvalue weighted by Gasteiger charge is 2.22. The molecule has 0 spiro atoms. The Morgan fingerprint density at radius 3 is 2.21 bits per heavy atom. The Balaban J connectivity index is 1.95. The summed E-state index contributed by atoms with van der Waals surface area (Å²) in [6.45, 7) is 0. The Hall–Kier alpha value is -3.39. The number of rotatable bonds is 8. The molecule has 4 amide bonds. The normalized spacial score (nSPS) is 11.2. The summed E-state index contributed by atoms with van der Waals surface area (Å²) in [5.41, 5.74) is 10.8. The van der Waals surface area contributed by atoms with Gasteiger partial charge >= 0.3 is 0 Å². The van der Waals surface area contributed by atoms with Gasteiger partial charge in [-0.15, -0.1) is 0 Å². The van der Waals surface area contributed by atoms with E-state index in [4.69, 9.17) is 17.3 Å². The van der Waals surface area contributed by atoms with E-state index in [0.29, 0.717) is 10.6 Å². The topological polar surface area (TPSA) is 130 Å². The lowest BCUT2D eigenvalue weighted by atomic mass is 10.1.